The van der Waals surface area contributed by atoms with E-state index in [1.807, 2.05) is 19.1 Å². The summed E-state index contributed by atoms with van der Waals surface area (Å²) in [5.41, 5.74) is 6.45. The fraction of sp³-hybridized carbons (Fsp3) is 0.500. The summed E-state index contributed by atoms with van der Waals surface area (Å²) in [5.74, 6) is -0.267. The van der Waals surface area contributed by atoms with Crippen molar-refractivity contribution in [3.8, 4) is 0 Å². The summed E-state index contributed by atoms with van der Waals surface area (Å²) in [6.07, 6.45) is -0.216. The van der Waals surface area contributed by atoms with Crippen molar-refractivity contribution in [2.24, 2.45) is 11.7 Å². The van der Waals surface area contributed by atoms with Crippen molar-refractivity contribution in [3.05, 3.63) is 34.9 Å². The Balaban J connectivity index is 0.00000361. The molecule has 0 saturated heterocycles. The Labute approximate surface area is 131 Å². The van der Waals surface area contributed by atoms with Crippen LogP contribution in [0, 0.1) is 5.92 Å². The van der Waals surface area contributed by atoms with Crippen LogP contribution in [0.3, 0.4) is 0 Å². The second kappa shape index (κ2) is 9.19. The first kappa shape index (κ1) is 19.2. The van der Waals surface area contributed by atoms with E-state index in [0.717, 1.165) is 5.56 Å². The van der Waals surface area contributed by atoms with Gasteiger partial charge in [0.05, 0.1) is 6.04 Å². The number of methoxy groups -OCH3 is 1. The van der Waals surface area contributed by atoms with E-state index in [-0.39, 0.29) is 36.4 Å². The molecule has 1 aromatic rings. The van der Waals surface area contributed by atoms with Crippen molar-refractivity contribution >= 4 is 29.9 Å². The molecular weight excluding hydrogens is 299 g/mol. The Morgan fingerprint density at radius 2 is 1.90 bits per heavy atom. The Morgan fingerprint density at radius 1 is 1.35 bits per heavy atom. The van der Waals surface area contributed by atoms with E-state index in [1.165, 1.54) is 0 Å². The van der Waals surface area contributed by atoms with Gasteiger partial charge in [-0.05, 0) is 24.6 Å². The lowest BCUT2D eigenvalue weighted by Crippen LogP contribution is -2.42. The lowest BCUT2D eigenvalue weighted by molar-refractivity contribution is -0.125. The van der Waals surface area contributed by atoms with Crippen LogP contribution >= 0.6 is 24.0 Å². The minimum Gasteiger partial charge on any atom is -0.375 e. The van der Waals surface area contributed by atoms with Gasteiger partial charge in [0, 0.05) is 24.6 Å². The Bertz CT molecular complexity index is 412. The number of amides is 1. The number of hydrogen-bond acceptors (Lipinski definition) is 3. The minimum atomic E-state index is -0.216. The molecule has 0 fully saturated rings. The molecule has 0 heterocycles. The molecule has 0 aliphatic rings. The largest absolute Gasteiger partial charge is 0.375 e. The van der Waals surface area contributed by atoms with Crippen molar-refractivity contribution < 1.29 is 9.53 Å². The molecule has 20 heavy (non-hydrogen) atoms. The highest BCUT2D eigenvalue weighted by atomic mass is 35.5. The van der Waals surface area contributed by atoms with Gasteiger partial charge in [0.1, 0.15) is 6.10 Å². The van der Waals surface area contributed by atoms with E-state index in [9.17, 15) is 4.79 Å². The van der Waals surface area contributed by atoms with Gasteiger partial charge in [0.15, 0.2) is 0 Å². The topological polar surface area (TPSA) is 64.3 Å². The van der Waals surface area contributed by atoms with Crippen LogP contribution in [0.4, 0.5) is 0 Å². The SMILES string of the molecule is COC(c1ccc(Cl)cc1)C(C)NC(=O)C(C)CN.Cl. The molecule has 1 aromatic carbocycles. The molecule has 3 atom stereocenters. The Hall–Kier alpha value is -0.810. The predicted molar refractivity (Wildman–Crippen MR) is 84.3 cm³/mol. The Kier molecular flexibility index (Phi) is 8.81. The van der Waals surface area contributed by atoms with Crippen LogP contribution in [0.5, 0.6) is 0 Å². The fourth-order valence-corrected chi connectivity index (χ4v) is 1.96. The zero-order valence-electron chi connectivity index (χ0n) is 11.9. The normalized spacial score (nSPS) is 14.8. The molecule has 1 amide bonds. The summed E-state index contributed by atoms with van der Waals surface area (Å²) in [7, 11) is 1.62. The molecule has 6 heteroatoms. The highest BCUT2D eigenvalue weighted by Crippen LogP contribution is 2.22. The standard InChI is InChI=1S/C14H21ClN2O2.ClH/c1-9(8-16)14(18)17-10(2)13(19-3)11-4-6-12(15)7-5-11;/h4-7,9-10,13H,8,16H2,1-3H3,(H,17,18);1H. The van der Waals surface area contributed by atoms with E-state index < -0.39 is 0 Å². The maximum Gasteiger partial charge on any atom is 0.224 e. The lowest BCUT2D eigenvalue weighted by Gasteiger charge is -2.25. The summed E-state index contributed by atoms with van der Waals surface area (Å²) in [4.78, 5) is 11.8. The highest BCUT2D eigenvalue weighted by molar-refractivity contribution is 6.30. The maximum atomic E-state index is 11.8. The van der Waals surface area contributed by atoms with E-state index >= 15 is 0 Å². The van der Waals surface area contributed by atoms with Gasteiger partial charge < -0.3 is 15.8 Å². The minimum absolute atomic E-state index is 0. The van der Waals surface area contributed by atoms with Gasteiger partial charge in [-0.25, -0.2) is 0 Å². The molecule has 0 aromatic heterocycles. The number of ether oxygens (including phenoxy) is 1. The molecule has 4 nitrogen and oxygen atoms in total. The number of hydrogen-bond donors (Lipinski definition) is 2. The van der Waals surface area contributed by atoms with E-state index in [4.69, 9.17) is 22.1 Å². The Morgan fingerprint density at radius 3 is 2.35 bits per heavy atom. The van der Waals surface area contributed by atoms with Crippen molar-refractivity contribution in [1.82, 2.24) is 5.32 Å². The smallest absolute Gasteiger partial charge is 0.224 e. The summed E-state index contributed by atoms with van der Waals surface area (Å²) in [6, 6.07) is 7.25. The second-order valence-corrected chi connectivity index (χ2v) is 5.08. The van der Waals surface area contributed by atoms with Crippen molar-refractivity contribution in [3.63, 3.8) is 0 Å². The zero-order valence-corrected chi connectivity index (χ0v) is 13.5. The van der Waals surface area contributed by atoms with E-state index in [2.05, 4.69) is 5.32 Å². The van der Waals surface area contributed by atoms with Gasteiger partial charge in [-0.2, -0.15) is 0 Å². The molecule has 0 spiro atoms. The predicted octanol–water partition coefficient (Wildman–Crippen LogP) is 2.55. The monoisotopic (exact) mass is 320 g/mol. The van der Waals surface area contributed by atoms with Crippen LogP contribution in [0.25, 0.3) is 0 Å². The summed E-state index contributed by atoms with van der Waals surface area (Å²) < 4.78 is 5.46. The highest BCUT2D eigenvalue weighted by Gasteiger charge is 2.22. The third-order valence-corrected chi connectivity index (χ3v) is 3.33. The van der Waals surface area contributed by atoms with Crippen LogP contribution in [-0.4, -0.2) is 25.6 Å². The molecule has 0 saturated carbocycles. The van der Waals surface area contributed by atoms with Crippen molar-refractivity contribution in [2.75, 3.05) is 13.7 Å². The number of benzene rings is 1. The van der Waals surface area contributed by atoms with Crippen LogP contribution in [0.15, 0.2) is 24.3 Å². The van der Waals surface area contributed by atoms with Gasteiger partial charge >= 0.3 is 0 Å². The first-order valence-electron chi connectivity index (χ1n) is 6.28. The molecule has 3 N–H and O–H groups in total. The molecule has 0 bridgehead atoms. The van der Waals surface area contributed by atoms with Crippen molar-refractivity contribution in [2.45, 2.75) is 26.0 Å². The third kappa shape index (κ3) is 5.29. The molecule has 0 aliphatic heterocycles. The zero-order chi connectivity index (χ0) is 14.4. The molecular formula is C14H22Cl2N2O2. The quantitative estimate of drug-likeness (QED) is 0.846. The third-order valence-electron chi connectivity index (χ3n) is 3.08. The first-order valence-corrected chi connectivity index (χ1v) is 6.66. The molecule has 0 aliphatic carbocycles. The van der Waals surface area contributed by atoms with Crippen LogP contribution in [-0.2, 0) is 9.53 Å². The maximum absolute atomic E-state index is 11.8. The molecule has 3 unspecified atom stereocenters. The van der Waals surface area contributed by atoms with Crippen molar-refractivity contribution in [1.29, 1.82) is 0 Å². The van der Waals surface area contributed by atoms with E-state index in [0.29, 0.717) is 11.6 Å². The van der Waals surface area contributed by atoms with Crippen LogP contribution in [0.2, 0.25) is 5.02 Å². The number of halogens is 2. The van der Waals surface area contributed by atoms with E-state index in [1.54, 1.807) is 26.2 Å². The van der Waals surface area contributed by atoms with Gasteiger partial charge in [-0.3, -0.25) is 4.79 Å². The summed E-state index contributed by atoms with van der Waals surface area (Å²) in [5, 5.41) is 3.59. The summed E-state index contributed by atoms with van der Waals surface area (Å²) >= 11 is 5.86. The average molecular weight is 321 g/mol. The number of nitrogens with two attached hydrogens (primary N) is 1. The van der Waals surface area contributed by atoms with Crippen LogP contribution < -0.4 is 11.1 Å². The molecule has 114 valence electrons. The van der Waals surface area contributed by atoms with Gasteiger partial charge in [-0.1, -0.05) is 30.7 Å². The number of nitrogens with one attached hydrogen (secondary N) is 1. The van der Waals surface area contributed by atoms with Gasteiger partial charge in [0.2, 0.25) is 5.91 Å². The fourth-order valence-electron chi connectivity index (χ4n) is 1.83. The second-order valence-electron chi connectivity index (χ2n) is 4.64. The lowest BCUT2D eigenvalue weighted by atomic mass is 10.0. The number of carbonyl (C=O) groups is 1. The first-order chi connectivity index (χ1) is 8.99. The van der Waals surface area contributed by atoms with Crippen LogP contribution in [0.1, 0.15) is 25.5 Å². The number of rotatable bonds is 6. The number of carbonyl (C=O) groups excluding carboxylic acids is 1. The van der Waals surface area contributed by atoms with Gasteiger partial charge in [0.25, 0.3) is 0 Å². The van der Waals surface area contributed by atoms with Gasteiger partial charge in [-0.15, -0.1) is 12.4 Å². The molecule has 1 rings (SSSR count). The summed E-state index contributed by atoms with van der Waals surface area (Å²) in [6.45, 7) is 4.03. The average Bonchev–Trinajstić information content (AvgIpc) is 2.40. The molecule has 0 radical (unpaired) electrons.